The molecule has 1 unspecified atom stereocenters. The van der Waals surface area contributed by atoms with E-state index in [4.69, 9.17) is 0 Å². The summed E-state index contributed by atoms with van der Waals surface area (Å²) in [6.45, 7) is 2.29. The first-order chi connectivity index (χ1) is 9.36. The van der Waals surface area contributed by atoms with Crippen molar-refractivity contribution in [3.8, 4) is 0 Å². The van der Waals surface area contributed by atoms with E-state index in [0.29, 0.717) is 0 Å². The summed E-state index contributed by atoms with van der Waals surface area (Å²) < 4.78 is 0. The topological polar surface area (TPSA) is 12.0 Å². The van der Waals surface area contributed by atoms with Crippen molar-refractivity contribution in [1.82, 2.24) is 5.32 Å². The van der Waals surface area contributed by atoms with Gasteiger partial charge in [0.1, 0.15) is 0 Å². The van der Waals surface area contributed by atoms with Gasteiger partial charge < -0.3 is 5.32 Å². The summed E-state index contributed by atoms with van der Waals surface area (Å²) in [5.74, 6) is 1.02. The minimum absolute atomic E-state index is 0.791. The Labute approximate surface area is 121 Å². The monoisotopic (exact) mass is 267 g/mol. The number of hydrogen-bond acceptors (Lipinski definition) is 1. The van der Waals surface area contributed by atoms with Crippen molar-refractivity contribution >= 4 is 0 Å². The van der Waals surface area contributed by atoms with Gasteiger partial charge in [-0.15, -0.1) is 0 Å². The molecule has 0 bridgehead atoms. The van der Waals surface area contributed by atoms with E-state index in [1.165, 1.54) is 89.9 Å². The van der Waals surface area contributed by atoms with Crippen molar-refractivity contribution in [1.29, 1.82) is 0 Å². The van der Waals surface area contributed by atoms with Gasteiger partial charge >= 0.3 is 0 Å². The van der Waals surface area contributed by atoms with E-state index in [2.05, 4.69) is 19.3 Å². The van der Waals surface area contributed by atoms with Gasteiger partial charge in [-0.1, -0.05) is 84.0 Å². The zero-order valence-electron chi connectivity index (χ0n) is 13.6. The Morgan fingerprint density at radius 2 is 1.53 bits per heavy atom. The summed E-state index contributed by atoms with van der Waals surface area (Å²) in [5.41, 5.74) is 0. The lowest BCUT2D eigenvalue weighted by Gasteiger charge is -2.26. The van der Waals surface area contributed by atoms with E-state index in [1.807, 2.05) is 0 Å². The molecule has 1 saturated carbocycles. The van der Waals surface area contributed by atoms with E-state index in [0.717, 1.165) is 12.0 Å². The summed E-state index contributed by atoms with van der Waals surface area (Å²) >= 11 is 0. The Bertz CT molecular complexity index is 184. The molecular formula is C18H37N. The number of nitrogens with one attached hydrogen (secondary N) is 1. The molecule has 114 valence electrons. The molecule has 0 aromatic carbocycles. The Balaban J connectivity index is 1.98. The SMILES string of the molecule is CCCCCCCCCC(CC1CCCCC1)NC. The molecule has 0 spiro atoms. The second-order valence-electron chi connectivity index (χ2n) is 6.64. The third-order valence-electron chi connectivity index (χ3n) is 4.91. The van der Waals surface area contributed by atoms with Gasteiger partial charge in [-0.05, 0) is 25.8 Å². The lowest BCUT2D eigenvalue weighted by molar-refractivity contribution is 0.294. The van der Waals surface area contributed by atoms with E-state index in [1.54, 1.807) is 0 Å². The molecule has 1 N–H and O–H groups in total. The highest BCUT2D eigenvalue weighted by Gasteiger charge is 2.17. The standard InChI is InChI=1S/C18H37N/c1-3-4-5-6-7-8-12-15-18(19-2)16-17-13-10-9-11-14-17/h17-19H,3-16H2,1-2H3. The summed E-state index contributed by atoms with van der Waals surface area (Å²) in [4.78, 5) is 0. The van der Waals surface area contributed by atoms with Crippen LogP contribution in [0.4, 0.5) is 0 Å². The van der Waals surface area contributed by atoms with Gasteiger partial charge in [0, 0.05) is 6.04 Å². The van der Waals surface area contributed by atoms with Gasteiger partial charge in [-0.25, -0.2) is 0 Å². The highest BCUT2D eigenvalue weighted by Crippen LogP contribution is 2.28. The van der Waals surface area contributed by atoms with Gasteiger partial charge in [0.2, 0.25) is 0 Å². The maximum atomic E-state index is 3.56. The molecule has 0 radical (unpaired) electrons. The van der Waals surface area contributed by atoms with Crippen molar-refractivity contribution in [2.45, 2.75) is 103 Å². The van der Waals surface area contributed by atoms with Crippen LogP contribution in [0.3, 0.4) is 0 Å². The lowest BCUT2D eigenvalue weighted by Crippen LogP contribution is -2.28. The first-order valence-corrected chi connectivity index (χ1v) is 9.04. The second-order valence-corrected chi connectivity index (χ2v) is 6.64. The molecule has 0 heterocycles. The van der Waals surface area contributed by atoms with E-state index >= 15 is 0 Å². The van der Waals surface area contributed by atoms with Crippen molar-refractivity contribution in [3.05, 3.63) is 0 Å². The summed E-state index contributed by atoms with van der Waals surface area (Å²) in [7, 11) is 2.16. The Morgan fingerprint density at radius 3 is 2.16 bits per heavy atom. The van der Waals surface area contributed by atoms with E-state index in [-0.39, 0.29) is 0 Å². The van der Waals surface area contributed by atoms with Crippen LogP contribution < -0.4 is 5.32 Å². The average molecular weight is 268 g/mol. The Kier molecular flexibility index (Phi) is 10.5. The molecule has 1 rings (SSSR count). The predicted molar refractivity (Wildman–Crippen MR) is 86.6 cm³/mol. The zero-order valence-corrected chi connectivity index (χ0v) is 13.6. The maximum Gasteiger partial charge on any atom is 0.00667 e. The summed E-state index contributed by atoms with van der Waals surface area (Å²) in [6, 6.07) is 0.791. The Morgan fingerprint density at radius 1 is 0.895 bits per heavy atom. The molecule has 19 heavy (non-hydrogen) atoms. The molecule has 1 heteroatoms. The van der Waals surface area contributed by atoms with Crippen LogP contribution in [0.25, 0.3) is 0 Å². The molecule has 1 atom stereocenters. The number of hydrogen-bond donors (Lipinski definition) is 1. The van der Waals surface area contributed by atoms with Crippen LogP contribution in [-0.4, -0.2) is 13.1 Å². The molecule has 0 amide bonds. The van der Waals surface area contributed by atoms with Gasteiger partial charge in [0.25, 0.3) is 0 Å². The van der Waals surface area contributed by atoms with Gasteiger partial charge in [0.15, 0.2) is 0 Å². The van der Waals surface area contributed by atoms with Crippen LogP contribution in [0.15, 0.2) is 0 Å². The number of rotatable bonds is 11. The van der Waals surface area contributed by atoms with E-state index < -0.39 is 0 Å². The fourth-order valence-corrected chi connectivity index (χ4v) is 3.55. The van der Waals surface area contributed by atoms with Crippen LogP contribution in [0, 0.1) is 5.92 Å². The molecule has 0 aromatic heterocycles. The fourth-order valence-electron chi connectivity index (χ4n) is 3.55. The van der Waals surface area contributed by atoms with Crippen LogP contribution in [0.2, 0.25) is 0 Å². The van der Waals surface area contributed by atoms with Gasteiger partial charge in [-0.3, -0.25) is 0 Å². The molecule has 1 aliphatic rings. The van der Waals surface area contributed by atoms with Crippen LogP contribution in [-0.2, 0) is 0 Å². The predicted octanol–water partition coefficient (Wildman–Crippen LogP) is 5.69. The first-order valence-electron chi connectivity index (χ1n) is 9.04. The molecule has 1 nitrogen and oxygen atoms in total. The van der Waals surface area contributed by atoms with E-state index in [9.17, 15) is 0 Å². The molecule has 0 saturated heterocycles. The van der Waals surface area contributed by atoms with Crippen LogP contribution >= 0.6 is 0 Å². The quantitative estimate of drug-likeness (QED) is 0.474. The maximum absolute atomic E-state index is 3.56. The smallest absolute Gasteiger partial charge is 0.00667 e. The second kappa shape index (κ2) is 11.8. The molecule has 0 aliphatic heterocycles. The molecular weight excluding hydrogens is 230 g/mol. The highest BCUT2D eigenvalue weighted by molar-refractivity contribution is 4.73. The number of unbranched alkanes of at least 4 members (excludes halogenated alkanes) is 6. The molecule has 0 aromatic rings. The third-order valence-corrected chi connectivity index (χ3v) is 4.91. The average Bonchev–Trinajstić information content (AvgIpc) is 2.46. The zero-order chi connectivity index (χ0) is 13.8. The molecule has 1 aliphatic carbocycles. The first kappa shape index (κ1) is 17.0. The minimum Gasteiger partial charge on any atom is -0.317 e. The van der Waals surface area contributed by atoms with Crippen molar-refractivity contribution in [2.24, 2.45) is 5.92 Å². The minimum atomic E-state index is 0.791. The summed E-state index contributed by atoms with van der Waals surface area (Å²) in [5, 5.41) is 3.56. The molecule has 1 fully saturated rings. The highest BCUT2D eigenvalue weighted by atomic mass is 14.9. The Hall–Kier alpha value is -0.0400. The van der Waals surface area contributed by atoms with Crippen LogP contribution in [0.1, 0.15) is 96.8 Å². The van der Waals surface area contributed by atoms with Crippen LogP contribution in [0.5, 0.6) is 0 Å². The van der Waals surface area contributed by atoms with Crippen molar-refractivity contribution < 1.29 is 0 Å². The van der Waals surface area contributed by atoms with Gasteiger partial charge in [-0.2, -0.15) is 0 Å². The summed E-state index contributed by atoms with van der Waals surface area (Å²) in [6.07, 6.45) is 20.3. The van der Waals surface area contributed by atoms with Crippen molar-refractivity contribution in [2.75, 3.05) is 7.05 Å². The fraction of sp³-hybridized carbons (Fsp3) is 1.00. The largest absolute Gasteiger partial charge is 0.317 e. The van der Waals surface area contributed by atoms with Gasteiger partial charge in [0.05, 0.1) is 0 Å². The normalized spacial score (nSPS) is 18.6. The lowest BCUT2D eigenvalue weighted by atomic mass is 9.84. The van der Waals surface area contributed by atoms with Crippen molar-refractivity contribution in [3.63, 3.8) is 0 Å². The third kappa shape index (κ3) is 8.68.